The van der Waals surface area contributed by atoms with Crippen LogP contribution in [0.1, 0.15) is 81.2 Å². The van der Waals surface area contributed by atoms with Crippen molar-refractivity contribution < 1.29 is 0 Å². The molecule has 0 radical (unpaired) electrons. The van der Waals surface area contributed by atoms with E-state index in [0.717, 1.165) is 30.0 Å². The van der Waals surface area contributed by atoms with Crippen LogP contribution in [0, 0.1) is 12.8 Å². The van der Waals surface area contributed by atoms with Crippen LogP contribution in [-0.4, -0.2) is 6.21 Å². The van der Waals surface area contributed by atoms with Crippen molar-refractivity contribution in [2.45, 2.75) is 79.6 Å². The highest BCUT2D eigenvalue weighted by molar-refractivity contribution is 5.78. The molecule has 0 amide bonds. The molecular weight excluding hydrogens is 350 g/mol. The highest BCUT2D eigenvalue weighted by Gasteiger charge is 2.15. The first-order valence-electron chi connectivity index (χ1n) is 11.4. The first kappa shape index (κ1) is 23.1. The van der Waals surface area contributed by atoms with Gasteiger partial charge in [0, 0.05) is 11.8 Å². The maximum absolute atomic E-state index is 4.74. The average molecular weight is 390 g/mol. The van der Waals surface area contributed by atoms with Crippen LogP contribution >= 0.6 is 0 Å². The lowest BCUT2D eigenvalue weighted by atomic mass is 9.86. The molecule has 0 aliphatic carbocycles. The minimum absolute atomic E-state index is 0.773. The van der Waals surface area contributed by atoms with Crippen molar-refractivity contribution in [2.75, 3.05) is 0 Å². The van der Waals surface area contributed by atoms with Crippen molar-refractivity contribution in [3.63, 3.8) is 0 Å². The van der Waals surface area contributed by atoms with Gasteiger partial charge in [0.15, 0.2) is 0 Å². The molecular formula is C28H39N. The number of aryl methyl sites for hydroxylation is 2. The largest absolute Gasteiger partial charge is 0.261 e. The van der Waals surface area contributed by atoms with Gasteiger partial charge < -0.3 is 0 Å². The van der Waals surface area contributed by atoms with E-state index < -0.39 is 0 Å². The zero-order valence-electron chi connectivity index (χ0n) is 19.2. The molecule has 2 rings (SSSR count). The Morgan fingerprint density at radius 3 is 2.34 bits per heavy atom. The van der Waals surface area contributed by atoms with E-state index >= 15 is 0 Å². The normalized spacial score (nSPS) is 11.5. The summed E-state index contributed by atoms with van der Waals surface area (Å²) in [4.78, 5) is 4.74. The molecule has 0 spiro atoms. The van der Waals surface area contributed by atoms with E-state index in [9.17, 15) is 0 Å². The molecule has 2 aromatic rings. The van der Waals surface area contributed by atoms with Crippen molar-refractivity contribution in [3.05, 3.63) is 70.8 Å². The summed E-state index contributed by atoms with van der Waals surface area (Å²) >= 11 is 0. The van der Waals surface area contributed by atoms with E-state index in [1.807, 2.05) is 13.1 Å². The number of aliphatic imine (C=N–C) groups is 1. The summed E-state index contributed by atoms with van der Waals surface area (Å²) in [5.41, 5.74) is 8.97. The van der Waals surface area contributed by atoms with Crippen LogP contribution < -0.4 is 0 Å². The number of nitrogens with zero attached hydrogens (tertiary/aromatic N) is 1. The Balaban J connectivity index is 2.38. The van der Waals surface area contributed by atoms with Crippen LogP contribution in [0.25, 0.3) is 5.57 Å². The SMILES string of the molecule is C=C(Cc1cccc(C)c1)c1cc(CC)c(CC(CCC)CCC)cc1/N=C\C. The highest BCUT2D eigenvalue weighted by atomic mass is 14.7. The second-order valence-electron chi connectivity index (χ2n) is 8.30. The number of hydrogen-bond donors (Lipinski definition) is 0. The second-order valence-corrected chi connectivity index (χ2v) is 8.30. The van der Waals surface area contributed by atoms with Gasteiger partial charge in [-0.05, 0) is 73.4 Å². The Labute approximate surface area is 179 Å². The fourth-order valence-corrected chi connectivity index (χ4v) is 4.36. The molecule has 29 heavy (non-hydrogen) atoms. The smallest absolute Gasteiger partial charge is 0.0703 e. The third kappa shape index (κ3) is 6.70. The number of hydrogen-bond acceptors (Lipinski definition) is 1. The highest BCUT2D eigenvalue weighted by Crippen LogP contribution is 2.33. The Morgan fingerprint density at radius 1 is 1.03 bits per heavy atom. The van der Waals surface area contributed by atoms with Crippen molar-refractivity contribution in [2.24, 2.45) is 10.9 Å². The Kier molecular flexibility index (Phi) is 9.38. The van der Waals surface area contributed by atoms with Crippen molar-refractivity contribution in [1.82, 2.24) is 0 Å². The Hall–Kier alpha value is -2.15. The molecule has 0 fully saturated rings. The minimum atomic E-state index is 0.773. The summed E-state index contributed by atoms with van der Waals surface area (Å²) in [5.74, 6) is 0.773. The molecule has 2 aromatic carbocycles. The zero-order valence-corrected chi connectivity index (χ0v) is 19.2. The standard InChI is InChI=1S/C28H39N/c1-7-12-23(13-8-2)18-26-20-28(29-10-4)27(19-25(26)9-3)22(6)17-24-15-11-14-21(5)16-24/h10-11,14-16,19-20,23H,6-9,12-13,17-18H2,1-5H3/b29-10-. The van der Waals surface area contributed by atoms with Gasteiger partial charge in [-0.3, -0.25) is 4.99 Å². The molecule has 0 aliphatic rings. The predicted molar refractivity (Wildman–Crippen MR) is 131 cm³/mol. The van der Waals surface area contributed by atoms with E-state index in [0.29, 0.717) is 0 Å². The third-order valence-electron chi connectivity index (χ3n) is 5.75. The predicted octanol–water partition coefficient (Wildman–Crippen LogP) is 8.29. The molecule has 0 unspecified atom stereocenters. The quantitative estimate of drug-likeness (QED) is 0.343. The van der Waals surface area contributed by atoms with Crippen LogP contribution in [0.15, 0.2) is 48.0 Å². The zero-order chi connectivity index (χ0) is 21.2. The lowest BCUT2D eigenvalue weighted by molar-refractivity contribution is 0.437. The van der Waals surface area contributed by atoms with Crippen LogP contribution in [0.5, 0.6) is 0 Å². The summed E-state index contributed by atoms with van der Waals surface area (Å²) in [7, 11) is 0. The molecule has 0 heterocycles. The molecule has 1 heteroatoms. The number of rotatable bonds is 11. The fraction of sp³-hybridized carbons (Fsp3) is 0.464. The van der Waals surface area contributed by atoms with Gasteiger partial charge in [0.05, 0.1) is 5.69 Å². The molecule has 0 aliphatic heterocycles. The lowest BCUT2D eigenvalue weighted by Crippen LogP contribution is -2.07. The van der Waals surface area contributed by atoms with Crippen molar-refractivity contribution in [3.8, 4) is 0 Å². The molecule has 0 saturated heterocycles. The number of allylic oxidation sites excluding steroid dienone is 1. The number of benzene rings is 2. The molecule has 0 atom stereocenters. The van der Waals surface area contributed by atoms with E-state index in [-0.39, 0.29) is 0 Å². The molecule has 156 valence electrons. The van der Waals surface area contributed by atoms with Crippen molar-refractivity contribution >= 4 is 17.5 Å². The fourth-order valence-electron chi connectivity index (χ4n) is 4.36. The van der Waals surface area contributed by atoms with Gasteiger partial charge in [0.25, 0.3) is 0 Å². The first-order valence-corrected chi connectivity index (χ1v) is 11.4. The second kappa shape index (κ2) is 11.8. The Morgan fingerprint density at radius 2 is 1.76 bits per heavy atom. The summed E-state index contributed by atoms with van der Waals surface area (Å²) in [5, 5.41) is 0. The van der Waals surface area contributed by atoms with E-state index in [4.69, 9.17) is 4.99 Å². The molecule has 1 nitrogen and oxygen atoms in total. The van der Waals surface area contributed by atoms with Crippen LogP contribution in [0.3, 0.4) is 0 Å². The lowest BCUT2D eigenvalue weighted by Gasteiger charge is -2.20. The van der Waals surface area contributed by atoms with E-state index in [1.165, 1.54) is 59.9 Å². The molecule has 0 bridgehead atoms. The summed E-state index contributed by atoms with van der Waals surface area (Å²) in [6.45, 7) is 15.5. The maximum atomic E-state index is 4.74. The van der Waals surface area contributed by atoms with Gasteiger partial charge in [-0.15, -0.1) is 0 Å². The van der Waals surface area contributed by atoms with Crippen LogP contribution in [-0.2, 0) is 19.3 Å². The maximum Gasteiger partial charge on any atom is 0.0703 e. The van der Waals surface area contributed by atoms with Gasteiger partial charge in [-0.2, -0.15) is 0 Å². The van der Waals surface area contributed by atoms with Gasteiger partial charge >= 0.3 is 0 Å². The van der Waals surface area contributed by atoms with Gasteiger partial charge in [-0.25, -0.2) is 0 Å². The van der Waals surface area contributed by atoms with Gasteiger partial charge in [0.1, 0.15) is 0 Å². The van der Waals surface area contributed by atoms with Crippen LogP contribution in [0.2, 0.25) is 0 Å². The summed E-state index contributed by atoms with van der Waals surface area (Å²) in [6.07, 6.45) is 10.1. The monoisotopic (exact) mass is 389 g/mol. The topological polar surface area (TPSA) is 12.4 Å². The summed E-state index contributed by atoms with van der Waals surface area (Å²) in [6, 6.07) is 13.4. The average Bonchev–Trinajstić information content (AvgIpc) is 2.69. The van der Waals surface area contributed by atoms with E-state index in [2.05, 4.69) is 70.7 Å². The molecule has 0 N–H and O–H groups in total. The van der Waals surface area contributed by atoms with Crippen LogP contribution in [0.4, 0.5) is 5.69 Å². The first-order chi connectivity index (χ1) is 14.0. The summed E-state index contributed by atoms with van der Waals surface area (Å²) < 4.78 is 0. The van der Waals surface area contributed by atoms with Crippen molar-refractivity contribution in [1.29, 1.82) is 0 Å². The van der Waals surface area contributed by atoms with Gasteiger partial charge in [0.2, 0.25) is 0 Å². The van der Waals surface area contributed by atoms with E-state index in [1.54, 1.807) is 0 Å². The molecule has 0 saturated carbocycles. The third-order valence-corrected chi connectivity index (χ3v) is 5.75. The Bertz CT molecular complexity index is 822. The molecule has 0 aromatic heterocycles. The minimum Gasteiger partial charge on any atom is -0.261 e. The van der Waals surface area contributed by atoms with Gasteiger partial charge in [-0.1, -0.05) is 82.9 Å².